The van der Waals surface area contributed by atoms with Gasteiger partial charge < -0.3 is 15.0 Å². The highest BCUT2D eigenvalue weighted by Gasteiger charge is 2.15. The third-order valence-electron chi connectivity index (χ3n) is 3.77. The second-order valence-electron chi connectivity index (χ2n) is 5.40. The molecule has 6 nitrogen and oxygen atoms in total. The Balaban J connectivity index is 1.77. The van der Waals surface area contributed by atoms with Crippen molar-refractivity contribution in [3.8, 4) is 5.75 Å². The number of H-pyrrole nitrogens is 2. The summed E-state index contributed by atoms with van der Waals surface area (Å²) in [5.74, 6) is 0.759. The van der Waals surface area contributed by atoms with Gasteiger partial charge in [0.1, 0.15) is 5.75 Å². The summed E-state index contributed by atoms with van der Waals surface area (Å²) in [6.07, 6.45) is 3.84. The molecule has 1 aromatic carbocycles. The first-order valence-corrected chi connectivity index (χ1v) is 7.69. The average Bonchev–Trinajstić information content (AvgIpc) is 3.18. The van der Waals surface area contributed by atoms with E-state index < -0.39 is 0 Å². The molecule has 0 fully saturated rings. The van der Waals surface area contributed by atoms with E-state index in [4.69, 9.17) is 4.74 Å². The Morgan fingerprint density at radius 2 is 2.26 bits per heavy atom. The molecule has 120 valence electrons. The highest BCUT2D eigenvalue weighted by Crippen LogP contribution is 2.29. The molecule has 0 saturated heterocycles. The van der Waals surface area contributed by atoms with E-state index in [2.05, 4.69) is 20.5 Å². The number of aromatic amines is 2. The standard InChI is InChI=1S/C17H20N4O2/c1-3-23-15-6-4-5-14-17(15)12(10-18-14)9-16(22)20-11(2)13-7-8-19-21-13/h4-8,10-11,18H,3,9H2,1-2H3,(H,19,21)(H,20,22)/t11-/m1/s1. The van der Waals surface area contributed by atoms with Crippen LogP contribution in [-0.4, -0.2) is 27.7 Å². The van der Waals surface area contributed by atoms with Crippen molar-refractivity contribution in [3.63, 3.8) is 0 Å². The third kappa shape index (κ3) is 3.21. The van der Waals surface area contributed by atoms with Crippen LogP contribution in [0, 0.1) is 0 Å². The van der Waals surface area contributed by atoms with Crippen molar-refractivity contribution >= 4 is 16.8 Å². The molecule has 3 N–H and O–H groups in total. The zero-order chi connectivity index (χ0) is 16.2. The van der Waals surface area contributed by atoms with Gasteiger partial charge in [-0.3, -0.25) is 9.89 Å². The molecule has 6 heteroatoms. The van der Waals surface area contributed by atoms with E-state index >= 15 is 0 Å². The predicted octanol–water partition coefficient (Wildman–Crippen LogP) is 2.71. The maximum atomic E-state index is 12.3. The fraction of sp³-hybridized carbons (Fsp3) is 0.294. The van der Waals surface area contributed by atoms with E-state index in [-0.39, 0.29) is 11.9 Å². The van der Waals surface area contributed by atoms with Crippen LogP contribution >= 0.6 is 0 Å². The Morgan fingerprint density at radius 1 is 1.39 bits per heavy atom. The molecule has 0 radical (unpaired) electrons. The number of aromatic nitrogens is 3. The number of nitrogens with one attached hydrogen (secondary N) is 3. The molecule has 0 saturated carbocycles. The number of ether oxygens (including phenoxy) is 1. The molecule has 2 aromatic heterocycles. The van der Waals surface area contributed by atoms with Gasteiger partial charge in [0, 0.05) is 23.3 Å². The van der Waals surface area contributed by atoms with Gasteiger partial charge in [-0.2, -0.15) is 5.10 Å². The lowest BCUT2D eigenvalue weighted by Gasteiger charge is -2.12. The van der Waals surface area contributed by atoms with E-state index in [0.717, 1.165) is 27.9 Å². The van der Waals surface area contributed by atoms with Crippen LogP contribution < -0.4 is 10.1 Å². The average molecular weight is 312 g/mol. The fourth-order valence-electron chi connectivity index (χ4n) is 2.69. The highest BCUT2D eigenvalue weighted by molar-refractivity contribution is 5.93. The van der Waals surface area contributed by atoms with Gasteiger partial charge in [-0.15, -0.1) is 0 Å². The van der Waals surface area contributed by atoms with Crippen molar-refractivity contribution in [1.82, 2.24) is 20.5 Å². The second-order valence-corrected chi connectivity index (χ2v) is 5.40. The van der Waals surface area contributed by atoms with Crippen molar-refractivity contribution in [2.45, 2.75) is 26.3 Å². The quantitative estimate of drug-likeness (QED) is 0.654. The number of fused-ring (bicyclic) bond motifs is 1. The lowest BCUT2D eigenvalue weighted by molar-refractivity contribution is -0.121. The van der Waals surface area contributed by atoms with Gasteiger partial charge in [-0.1, -0.05) is 6.07 Å². The summed E-state index contributed by atoms with van der Waals surface area (Å²) >= 11 is 0. The number of amides is 1. The number of nitrogens with zero attached hydrogens (tertiary/aromatic N) is 1. The minimum absolute atomic E-state index is 0.0423. The van der Waals surface area contributed by atoms with Gasteiger partial charge in [0.15, 0.2) is 0 Å². The highest BCUT2D eigenvalue weighted by atomic mass is 16.5. The number of rotatable bonds is 6. The van der Waals surface area contributed by atoms with Gasteiger partial charge in [-0.05, 0) is 37.6 Å². The van der Waals surface area contributed by atoms with Gasteiger partial charge in [0.05, 0.1) is 24.8 Å². The maximum Gasteiger partial charge on any atom is 0.225 e. The van der Waals surface area contributed by atoms with E-state index in [0.29, 0.717) is 13.0 Å². The Labute approximate surface area is 134 Å². The van der Waals surface area contributed by atoms with Crippen LogP contribution in [0.15, 0.2) is 36.7 Å². The van der Waals surface area contributed by atoms with Crippen LogP contribution in [-0.2, 0) is 11.2 Å². The van der Waals surface area contributed by atoms with Crippen molar-refractivity contribution in [3.05, 3.63) is 47.9 Å². The summed E-state index contributed by atoms with van der Waals surface area (Å²) in [4.78, 5) is 15.5. The van der Waals surface area contributed by atoms with Gasteiger partial charge in [0.2, 0.25) is 5.91 Å². The summed E-state index contributed by atoms with van der Waals surface area (Å²) in [7, 11) is 0. The van der Waals surface area contributed by atoms with E-state index in [9.17, 15) is 4.79 Å². The summed E-state index contributed by atoms with van der Waals surface area (Å²) in [6, 6.07) is 7.58. The molecule has 0 unspecified atom stereocenters. The molecule has 0 bridgehead atoms. The zero-order valence-corrected chi connectivity index (χ0v) is 13.2. The zero-order valence-electron chi connectivity index (χ0n) is 13.2. The Hall–Kier alpha value is -2.76. The van der Waals surface area contributed by atoms with Crippen molar-refractivity contribution in [2.75, 3.05) is 6.61 Å². The topological polar surface area (TPSA) is 82.8 Å². The van der Waals surface area contributed by atoms with Crippen molar-refractivity contribution in [1.29, 1.82) is 0 Å². The first-order valence-electron chi connectivity index (χ1n) is 7.69. The summed E-state index contributed by atoms with van der Waals surface area (Å²) in [6.45, 7) is 4.46. The van der Waals surface area contributed by atoms with Gasteiger partial charge in [-0.25, -0.2) is 0 Å². The molecule has 3 aromatic rings. The van der Waals surface area contributed by atoms with E-state index in [1.54, 1.807) is 6.20 Å². The number of carbonyl (C=O) groups excluding carboxylic acids is 1. The minimum Gasteiger partial charge on any atom is -0.493 e. The number of hydrogen-bond acceptors (Lipinski definition) is 3. The molecule has 2 heterocycles. The largest absolute Gasteiger partial charge is 0.493 e. The summed E-state index contributed by atoms with van der Waals surface area (Å²) in [5.41, 5.74) is 2.78. The molecule has 0 aliphatic carbocycles. The summed E-state index contributed by atoms with van der Waals surface area (Å²) < 4.78 is 5.67. The Bertz CT molecular complexity index is 792. The molecular formula is C17H20N4O2. The molecule has 23 heavy (non-hydrogen) atoms. The van der Waals surface area contributed by atoms with Gasteiger partial charge >= 0.3 is 0 Å². The predicted molar refractivity (Wildman–Crippen MR) is 88.3 cm³/mol. The van der Waals surface area contributed by atoms with Crippen LogP contribution in [0.1, 0.15) is 31.1 Å². The fourth-order valence-corrected chi connectivity index (χ4v) is 2.69. The first kappa shape index (κ1) is 15.1. The molecule has 0 spiro atoms. The lowest BCUT2D eigenvalue weighted by Crippen LogP contribution is -2.28. The third-order valence-corrected chi connectivity index (χ3v) is 3.77. The number of hydrogen-bond donors (Lipinski definition) is 3. The van der Waals surface area contributed by atoms with Gasteiger partial charge in [0.25, 0.3) is 0 Å². The second kappa shape index (κ2) is 6.56. The van der Waals surface area contributed by atoms with Crippen molar-refractivity contribution in [2.24, 2.45) is 0 Å². The van der Waals surface area contributed by atoms with Crippen LogP contribution in [0.25, 0.3) is 10.9 Å². The SMILES string of the molecule is CCOc1cccc2[nH]cc(CC(=O)N[C@H](C)c3ccn[nH]3)c12. The molecule has 0 aliphatic heterocycles. The van der Waals surface area contributed by atoms with Crippen molar-refractivity contribution < 1.29 is 9.53 Å². The lowest BCUT2D eigenvalue weighted by atomic mass is 10.1. The minimum atomic E-state index is -0.110. The first-order chi connectivity index (χ1) is 11.2. The molecule has 1 amide bonds. The smallest absolute Gasteiger partial charge is 0.225 e. The number of carbonyl (C=O) groups is 1. The Morgan fingerprint density at radius 3 is 3.00 bits per heavy atom. The van der Waals surface area contributed by atoms with E-state index in [1.165, 1.54) is 0 Å². The van der Waals surface area contributed by atoms with Crippen LogP contribution in [0.2, 0.25) is 0 Å². The molecule has 3 rings (SSSR count). The van der Waals surface area contributed by atoms with E-state index in [1.807, 2.05) is 44.3 Å². The van der Waals surface area contributed by atoms with Crippen LogP contribution in [0.3, 0.4) is 0 Å². The summed E-state index contributed by atoms with van der Waals surface area (Å²) in [5, 5.41) is 10.7. The van der Waals surface area contributed by atoms with Crippen LogP contribution in [0.4, 0.5) is 0 Å². The molecule has 0 aliphatic rings. The normalized spacial score (nSPS) is 12.3. The molecular weight excluding hydrogens is 292 g/mol. The monoisotopic (exact) mass is 312 g/mol. The maximum absolute atomic E-state index is 12.3. The molecule has 1 atom stereocenters. The number of benzene rings is 1. The van der Waals surface area contributed by atoms with Crippen LogP contribution in [0.5, 0.6) is 5.75 Å². The Kier molecular flexibility index (Phi) is 4.32.